The van der Waals surface area contributed by atoms with Gasteiger partial charge >= 0.3 is 6.03 Å². The maximum atomic E-state index is 12.2. The van der Waals surface area contributed by atoms with Gasteiger partial charge in [-0.05, 0) is 36.5 Å². The van der Waals surface area contributed by atoms with Gasteiger partial charge in [0.25, 0.3) is 0 Å². The number of benzene rings is 1. The van der Waals surface area contributed by atoms with Crippen molar-refractivity contribution < 1.29 is 4.79 Å². The molecule has 1 saturated heterocycles. The molecule has 3 nitrogen and oxygen atoms in total. The van der Waals surface area contributed by atoms with Gasteiger partial charge in [0.05, 0.1) is 6.04 Å². The molecule has 0 aliphatic carbocycles. The molecular weight excluding hydrogens is 260 g/mol. The molecule has 0 spiro atoms. The van der Waals surface area contributed by atoms with Gasteiger partial charge in [-0.15, -0.1) is 0 Å². The van der Waals surface area contributed by atoms with E-state index in [1.54, 1.807) is 0 Å². The molecule has 19 heavy (non-hydrogen) atoms. The number of amides is 2. The summed E-state index contributed by atoms with van der Waals surface area (Å²) >= 11 is 5.91. The van der Waals surface area contributed by atoms with Gasteiger partial charge in [-0.3, -0.25) is 0 Å². The van der Waals surface area contributed by atoms with Crippen LogP contribution in [0, 0.1) is 5.92 Å². The average Bonchev–Trinajstić information content (AvgIpc) is 2.86. The highest BCUT2D eigenvalue weighted by Crippen LogP contribution is 2.32. The van der Waals surface area contributed by atoms with E-state index in [4.69, 9.17) is 11.6 Å². The molecule has 2 rings (SSSR count). The fourth-order valence-corrected chi connectivity index (χ4v) is 2.56. The van der Waals surface area contributed by atoms with Crippen LogP contribution in [-0.4, -0.2) is 24.0 Å². The predicted octanol–water partition coefficient (Wildman–Crippen LogP) is 3.84. The lowest BCUT2D eigenvalue weighted by molar-refractivity contribution is 0.192. The van der Waals surface area contributed by atoms with E-state index in [0.717, 1.165) is 31.0 Å². The molecule has 1 heterocycles. The van der Waals surface area contributed by atoms with E-state index < -0.39 is 0 Å². The topological polar surface area (TPSA) is 32.3 Å². The van der Waals surface area contributed by atoms with Gasteiger partial charge in [-0.25, -0.2) is 4.79 Å². The third-order valence-electron chi connectivity index (χ3n) is 3.43. The number of hydrogen-bond donors (Lipinski definition) is 1. The van der Waals surface area contributed by atoms with Crippen molar-refractivity contribution in [3.8, 4) is 0 Å². The van der Waals surface area contributed by atoms with E-state index in [9.17, 15) is 4.79 Å². The fourth-order valence-electron chi connectivity index (χ4n) is 2.43. The standard InChI is InChI=1S/C15H21ClN2O/c1-11(2)10-17-15(19)18-9-3-4-14(18)12-5-7-13(16)8-6-12/h5-8,11,14H,3-4,9-10H2,1-2H3,(H,17,19). The quantitative estimate of drug-likeness (QED) is 0.896. The molecule has 2 amide bonds. The van der Waals surface area contributed by atoms with Crippen LogP contribution in [0.1, 0.15) is 38.3 Å². The zero-order valence-corrected chi connectivity index (χ0v) is 12.3. The van der Waals surface area contributed by atoms with Crippen LogP contribution >= 0.6 is 11.6 Å². The van der Waals surface area contributed by atoms with E-state index in [1.165, 1.54) is 5.56 Å². The number of nitrogens with one attached hydrogen (secondary N) is 1. The van der Waals surface area contributed by atoms with Crippen LogP contribution in [0.15, 0.2) is 24.3 Å². The maximum absolute atomic E-state index is 12.2. The monoisotopic (exact) mass is 280 g/mol. The number of nitrogens with zero attached hydrogens (tertiary/aromatic N) is 1. The second-order valence-electron chi connectivity index (χ2n) is 5.48. The van der Waals surface area contributed by atoms with Gasteiger partial charge in [0.2, 0.25) is 0 Å². The van der Waals surface area contributed by atoms with Crippen molar-refractivity contribution in [2.75, 3.05) is 13.1 Å². The molecule has 1 fully saturated rings. The number of carbonyl (C=O) groups excluding carboxylic acids is 1. The van der Waals surface area contributed by atoms with Crippen LogP contribution < -0.4 is 5.32 Å². The number of hydrogen-bond acceptors (Lipinski definition) is 1. The Balaban J connectivity index is 2.04. The summed E-state index contributed by atoms with van der Waals surface area (Å²) in [7, 11) is 0. The highest BCUT2D eigenvalue weighted by Gasteiger charge is 2.29. The third kappa shape index (κ3) is 3.63. The minimum absolute atomic E-state index is 0.0474. The Labute approximate surface area is 119 Å². The van der Waals surface area contributed by atoms with Crippen molar-refractivity contribution in [2.45, 2.75) is 32.7 Å². The molecule has 104 valence electrons. The second-order valence-corrected chi connectivity index (χ2v) is 5.92. The first-order chi connectivity index (χ1) is 9.08. The largest absolute Gasteiger partial charge is 0.338 e. The normalized spacial score (nSPS) is 18.9. The number of rotatable bonds is 3. The van der Waals surface area contributed by atoms with Crippen LogP contribution in [0.4, 0.5) is 4.79 Å². The van der Waals surface area contributed by atoms with Crippen molar-refractivity contribution in [3.05, 3.63) is 34.9 Å². The van der Waals surface area contributed by atoms with Crippen molar-refractivity contribution >= 4 is 17.6 Å². The van der Waals surface area contributed by atoms with Gasteiger partial charge in [0.1, 0.15) is 0 Å². The van der Waals surface area contributed by atoms with Crippen molar-refractivity contribution in [1.82, 2.24) is 10.2 Å². The molecule has 0 saturated carbocycles. The van der Waals surface area contributed by atoms with Crippen LogP contribution in [0.3, 0.4) is 0 Å². The van der Waals surface area contributed by atoms with Crippen LogP contribution in [0.5, 0.6) is 0 Å². The number of urea groups is 1. The molecular formula is C15H21ClN2O. The summed E-state index contributed by atoms with van der Waals surface area (Å²) in [6.07, 6.45) is 2.08. The molecule has 1 atom stereocenters. The number of likely N-dealkylation sites (tertiary alicyclic amines) is 1. The highest BCUT2D eigenvalue weighted by atomic mass is 35.5. The van der Waals surface area contributed by atoms with E-state index in [1.807, 2.05) is 29.2 Å². The zero-order valence-electron chi connectivity index (χ0n) is 11.5. The summed E-state index contributed by atoms with van der Waals surface area (Å²) in [6.45, 7) is 5.75. The first-order valence-electron chi connectivity index (χ1n) is 6.88. The van der Waals surface area contributed by atoms with Crippen molar-refractivity contribution in [1.29, 1.82) is 0 Å². The fraction of sp³-hybridized carbons (Fsp3) is 0.533. The molecule has 1 aromatic rings. The lowest BCUT2D eigenvalue weighted by Gasteiger charge is -2.25. The van der Waals surface area contributed by atoms with Gasteiger partial charge < -0.3 is 10.2 Å². The molecule has 1 aromatic carbocycles. The molecule has 0 radical (unpaired) electrons. The van der Waals surface area contributed by atoms with E-state index in [-0.39, 0.29) is 12.1 Å². The Bertz CT molecular complexity index is 430. The third-order valence-corrected chi connectivity index (χ3v) is 3.68. The minimum atomic E-state index is 0.0474. The first kappa shape index (κ1) is 14.2. The summed E-state index contributed by atoms with van der Waals surface area (Å²) < 4.78 is 0. The lowest BCUT2D eigenvalue weighted by Crippen LogP contribution is -2.40. The number of carbonyl (C=O) groups is 1. The summed E-state index contributed by atoms with van der Waals surface area (Å²) in [5, 5.41) is 3.73. The molecule has 1 unspecified atom stereocenters. The van der Waals surface area contributed by atoms with Crippen molar-refractivity contribution in [2.24, 2.45) is 5.92 Å². The summed E-state index contributed by atoms with van der Waals surface area (Å²) in [5.74, 6) is 0.473. The Morgan fingerprint density at radius 2 is 2.11 bits per heavy atom. The SMILES string of the molecule is CC(C)CNC(=O)N1CCCC1c1ccc(Cl)cc1. The summed E-state index contributed by atoms with van der Waals surface area (Å²) in [4.78, 5) is 14.1. The van der Waals surface area contributed by atoms with Gasteiger partial charge in [0.15, 0.2) is 0 Å². The van der Waals surface area contributed by atoms with E-state index in [2.05, 4.69) is 19.2 Å². The Morgan fingerprint density at radius 1 is 1.42 bits per heavy atom. The maximum Gasteiger partial charge on any atom is 0.317 e. The summed E-state index contributed by atoms with van der Waals surface area (Å²) in [5.41, 5.74) is 1.17. The van der Waals surface area contributed by atoms with E-state index >= 15 is 0 Å². The van der Waals surface area contributed by atoms with Gasteiger partial charge in [-0.2, -0.15) is 0 Å². The minimum Gasteiger partial charge on any atom is -0.338 e. The Morgan fingerprint density at radius 3 is 2.74 bits per heavy atom. The predicted molar refractivity (Wildman–Crippen MR) is 78.4 cm³/mol. The molecule has 1 N–H and O–H groups in total. The molecule has 0 bridgehead atoms. The summed E-state index contributed by atoms with van der Waals surface area (Å²) in [6, 6.07) is 8.04. The zero-order chi connectivity index (χ0) is 13.8. The highest BCUT2D eigenvalue weighted by molar-refractivity contribution is 6.30. The molecule has 1 aliphatic rings. The van der Waals surface area contributed by atoms with Crippen molar-refractivity contribution in [3.63, 3.8) is 0 Å². The Kier molecular flexibility index (Phi) is 4.70. The van der Waals surface area contributed by atoms with Gasteiger partial charge in [-0.1, -0.05) is 37.6 Å². The number of halogens is 1. The second kappa shape index (κ2) is 6.29. The Hall–Kier alpha value is -1.22. The molecule has 4 heteroatoms. The average molecular weight is 281 g/mol. The molecule has 0 aromatic heterocycles. The van der Waals surface area contributed by atoms with Crippen LogP contribution in [0.2, 0.25) is 5.02 Å². The molecule has 1 aliphatic heterocycles. The lowest BCUT2D eigenvalue weighted by atomic mass is 10.1. The van der Waals surface area contributed by atoms with Crippen LogP contribution in [0.25, 0.3) is 0 Å². The van der Waals surface area contributed by atoms with Crippen LogP contribution in [-0.2, 0) is 0 Å². The first-order valence-corrected chi connectivity index (χ1v) is 7.25. The van der Waals surface area contributed by atoms with E-state index in [0.29, 0.717) is 5.92 Å². The van der Waals surface area contributed by atoms with Gasteiger partial charge in [0, 0.05) is 18.1 Å². The smallest absolute Gasteiger partial charge is 0.317 e.